The smallest absolute Gasteiger partial charge is 0.184 e. The highest BCUT2D eigenvalue weighted by molar-refractivity contribution is 7.34. The monoisotopic (exact) mass is 838 g/mol. The zero-order valence-electron chi connectivity index (χ0n) is 33.6. The first kappa shape index (κ1) is 34.8. The molecule has 13 rings (SSSR count). The van der Waals surface area contributed by atoms with Crippen molar-refractivity contribution < 1.29 is 0 Å². The average Bonchev–Trinajstić information content (AvgIpc) is 4.09. The van der Waals surface area contributed by atoms with Gasteiger partial charge in [-0.15, -0.1) is 34.0 Å². The largest absolute Gasteiger partial charge is 0.308 e. The molecule has 286 valence electrons. The van der Waals surface area contributed by atoms with Crippen molar-refractivity contribution >= 4 is 124 Å². The highest BCUT2D eigenvalue weighted by Gasteiger charge is 2.52. The van der Waals surface area contributed by atoms with Crippen LogP contribution in [0.4, 0.5) is 0 Å². The molecule has 60 heavy (non-hydrogen) atoms. The Morgan fingerprint density at radius 1 is 0.400 bits per heavy atom. The lowest BCUT2D eigenvalue weighted by atomic mass is 10.1. The van der Waals surface area contributed by atoms with Crippen LogP contribution in [0.15, 0.2) is 158 Å². The van der Waals surface area contributed by atoms with Crippen LogP contribution in [0.25, 0.3) is 83.5 Å². The van der Waals surface area contributed by atoms with Gasteiger partial charge in [-0.3, -0.25) is 0 Å². The van der Waals surface area contributed by atoms with Crippen molar-refractivity contribution in [3.8, 4) is 22.6 Å². The lowest BCUT2D eigenvalue weighted by molar-refractivity contribution is 1.14. The van der Waals surface area contributed by atoms with Crippen LogP contribution in [0.2, 0.25) is 0 Å². The first-order valence-electron chi connectivity index (χ1n) is 20.7. The molecule has 6 heterocycles. The molecular weight excluding hydrogens is 801 g/mol. The van der Waals surface area contributed by atoms with Crippen LogP contribution in [-0.2, 0) is 0 Å². The second-order valence-electron chi connectivity index (χ2n) is 16.8. The van der Waals surface area contributed by atoms with Crippen LogP contribution in [0, 0.1) is 27.7 Å². The molecule has 0 saturated carbocycles. The fraction of sp³-hybridized carbons (Fsp3) is 0.0741. The van der Waals surface area contributed by atoms with Gasteiger partial charge in [0.15, 0.2) is 8.07 Å². The van der Waals surface area contributed by atoms with Gasteiger partial charge in [-0.1, -0.05) is 132 Å². The Morgan fingerprint density at radius 2 is 0.867 bits per heavy atom. The summed E-state index contributed by atoms with van der Waals surface area (Å²) >= 11 is 5.92. The number of benzene rings is 7. The summed E-state index contributed by atoms with van der Waals surface area (Å²) in [4.78, 5) is 0. The Hall–Kier alpha value is -6.02. The number of thiophene rings is 3. The van der Waals surface area contributed by atoms with Crippen molar-refractivity contribution in [1.29, 1.82) is 0 Å². The molecule has 12 aromatic rings. The van der Waals surface area contributed by atoms with Crippen molar-refractivity contribution in [2.24, 2.45) is 0 Å². The summed E-state index contributed by atoms with van der Waals surface area (Å²) < 4.78 is 13.4. The van der Waals surface area contributed by atoms with Gasteiger partial charge in [0, 0.05) is 41.6 Å². The Morgan fingerprint density at radius 3 is 1.47 bits per heavy atom. The molecule has 1 aliphatic heterocycles. The molecule has 5 aromatic heterocycles. The molecule has 0 unspecified atom stereocenters. The van der Waals surface area contributed by atoms with E-state index < -0.39 is 8.07 Å². The van der Waals surface area contributed by atoms with Gasteiger partial charge in [-0.05, 0) is 102 Å². The molecule has 0 bridgehead atoms. The Labute approximate surface area is 360 Å². The van der Waals surface area contributed by atoms with E-state index >= 15 is 0 Å². The third-order valence-electron chi connectivity index (χ3n) is 13.0. The van der Waals surface area contributed by atoms with Crippen LogP contribution in [0.3, 0.4) is 0 Å². The summed E-state index contributed by atoms with van der Waals surface area (Å²) in [6.07, 6.45) is 0. The predicted molar refractivity (Wildman–Crippen MR) is 265 cm³/mol. The molecular formula is C54H38N2S3Si. The van der Waals surface area contributed by atoms with Crippen molar-refractivity contribution in [3.05, 3.63) is 180 Å². The molecule has 0 aliphatic carbocycles. The minimum Gasteiger partial charge on any atom is -0.308 e. The molecule has 0 fully saturated rings. The van der Waals surface area contributed by atoms with Gasteiger partial charge in [-0.2, -0.15) is 0 Å². The van der Waals surface area contributed by atoms with E-state index in [9.17, 15) is 0 Å². The van der Waals surface area contributed by atoms with Crippen LogP contribution in [-0.4, -0.2) is 17.2 Å². The first-order valence-corrected chi connectivity index (χ1v) is 25.1. The lowest BCUT2D eigenvalue weighted by Gasteiger charge is -2.31. The van der Waals surface area contributed by atoms with Gasteiger partial charge in [-0.25, -0.2) is 0 Å². The molecule has 7 aromatic carbocycles. The van der Waals surface area contributed by atoms with E-state index in [2.05, 4.69) is 195 Å². The summed E-state index contributed by atoms with van der Waals surface area (Å²) in [5, 5.41) is 9.89. The Balaban J connectivity index is 1.20. The SMILES string of the molecule is Cc1ccc(-n2c3c(c4sc5cc6c(cc5c42)sc2c4sc5cc(C)ccc5c4n(-c4ccc(C)cc4)c62)[Si](c2ccccc2)(c2ccccc2)c2cc(C)ccc2-3)cc1. The number of aryl methyl sites for hydroxylation is 4. The maximum absolute atomic E-state index is 2.81. The standard InChI is InChI=1S/C54H38N2S3Si/c1-31-15-21-35(22-16-31)55-47-39-25-19-33(3)27-43(39)57-51(47)52-48(55)41-29-45-42(30-44(41)58-52)49-53(59-45)54-50(56(49)36-23-17-32(2)18-24-36)40-26-20-34(4)28-46(40)60(54,37-11-7-5-8-12-37)38-13-9-6-10-14-38/h5-30H,1-4H3. The molecule has 0 saturated heterocycles. The molecule has 0 amide bonds. The number of rotatable bonds is 4. The normalized spacial score (nSPS) is 13.5. The van der Waals surface area contributed by atoms with Gasteiger partial charge < -0.3 is 9.13 Å². The third-order valence-corrected chi connectivity index (χ3v) is 21.7. The zero-order chi connectivity index (χ0) is 40.0. The predicted octanol–water partition coefficient (Wildman–Crippen LogP) is 13.0. The van der Waals surface area contributed by atoms with Gasteiger partial charge >= 0.3 is 0 Å². The van der Waals surface area contributed by atoms with E-state index in [1.807, 2.05) is 34.0 Å². The number of hydrogen-bond acceptors (Lipinski definition) is 3. The minimum atomic E-state index is -2.81. The number of aromatic nitrogens is 2. The average molecular weight is 839 g/mol. The fourth-order valence-electron chi connectivity index (χ4n) is 10.4. The molecule has 1 aliphatic rings. The van der Waals surface area contributed by atoms with Crippen LogP contribution >= 0.6 is 34.0 Å². The summed E-state index contributed by atoms with van der Waals surface area (Å²) in [6, 6.07) is 60.6. The molecule has 0 atom stereocenters. The van der Waals surface area contributed by atoms with Crippen LogP contribution < -0.4 is 20.7 Å². The quantitative estimate of drug-likeness (QED) is 0.156. The zero-order valence-corrected chi connectivity index (χ0v) is 37.1. The van der Waals surface area contributed by atoms with Gasteiger partial charge in [0.25, 0.3) is 0 Å². The minimum absolute atomic E-state index is 1.22. The van der Waals surface area contributed by atoms with E-state index in [0.29, 0.717) is 0 Å². The summed E-state index contributed by atoms with van der Waals surface area (Å²) in [6.45, 7) is 8.83. The second-order valence-corrected chi connectivity index (χ2v) is 23.6. The highest BCUT2D eigenvalue weighted by Crippen LogP contribution is 2.51. The Kier molecular flexibility index (Phi) is 7.25. The van der Waals surface area contributed by atoms with Crippen LogP contribution in [0.1, 0.15) is 22.3 Å². The molecule has 6 heteroatoms. The van der Waals surface area contributed by atoms with E-state index in [1.54, 1.807) is 0 Å². The second kappa shape index (κ2) is 12.5. The van der Waals surface area contributed by atoms with Crippen molar-refractivity contribution in [1.82, 2.24) is 9.13 Å². The van der Waals surface area contributed by atoms with E-state index in [-0.39, 0.29) is 0 Å². The van der Waals surface area contributed by atoms with Gasteiger partial charge in [0.2, 0.25) is 0 Å². The molecule has 2 nitrogen and oxygen atoms in total. The number of nitrogens with zero attached hydrogens (tertiary/aromatic N) is 2. The lowest BCUT2D eigenvalue weighted by Crippen LogP contribution is -2.72. The Bertz CT molecular complexity index is 3690. The van der Waals surface area contributed by atoms with Gasteiger partial charge in [0.1, 0.15) is 0 Å². The molecule has 0 radical (unpaired) electrons. The summed E-state index contributed by atoms with van der Waals surface area (Å²) in [5.41, 5.74) is 14.3. The van der Waals surface area contributed by atoms with E-state index in [1.165, 1.54) is 127 Å². The summed E-state index contributed by atoms with van der Waals surface area (Å²) in [5.74, 6) is 0. The molecule has 0 N–H and O–H groups in total. The molecule has 0 spiro atoms. The topological polar surface area (TPSA) is 9.86 Å². The highest BCUT2D eigenvalue weighted by atomic mass is 32.1. The first-order chi connectivity index (χ1) is 29.4. The van der Waals surface area contributed by atoms with E-state index in [4.69, 9.17) is 0 Å². The van der Waals surface area contributed by atoms with Gasteiger partial charge in [0.05, 0.1) is 36.3 Å². The van der Waals surface area contributed by atoms with Crippen molar-refractivity contribution in [2.45, 2.75) is 27.7 Å². The maximum atomic E-state index is 2.65. The van der Waals surface area contributed by atoms with Crippen molar-refractivity contribution in [3.63, 3.8) is 0 Å². The maximum Gasteiger partial charge on any atom is 0.184 e. The number of hydrogen-bond donors (Lipinski definition) is 0. The van der Waals surface area contributed by atoms with E-state index in [0.717, 1.165) is 0 Å². The number of fused-ring (bicyclic) bond motifs is 14. The fourth-order valence-corrected chi connectivity index (χ4v) is 20.1. The third kappa shape index (κ3) is 4.57. The summed E-state index contributed by atoms with van der Waals surface area (Å²) in [7, 11) is -2.81. The van der Waals surface area contributed by atoms with Crippen LogP contribution in [0.5, 0.6) is 0 Å². The van der Waals surface area contributed by atoms with Crippen molar-refractivity contribution in [2.75, 3.05) is 0 Å².